The van der Waals surface area contributed by atoms with Crippen LogP contribution in [0.25, 0.3) is 0 Å². The first-order valence-corrected chi connectivity index (χ1v) is 6.84. The Kier molecular flexibility index (Phi) is 4.32. The maximum absolute atomic E-state index is 10.2. The van der Waals surface area contributed by atoms with Gasteiger partial charge in [-0.05, 0) is 50.3 Å². The molecule has 2 rings (SSSR count). The molecule has 3 N–H and O–H groups in total. The van der Waals surface area contributed by atoms with Crippen molar-refractivity contribution in [2.75, 3.05) is 13.7 Å². The summed E-state index contributed by atoms with van der Waals surface area (Å²) in [5, 5.41) is 10.2. The number of benzene rings is 1. The minimum atomic E-state index is -1.04. The smallest absolute Gasteiger partial charge is 0.161 e. The third-order valence-corrected chi connectivity index (χ3v) is 3.78. The van der Waals surface area contributed by atoms with Crippen LogP contribution in [0.5, 0.6) is 11.5 Å². The van der Waals surface area contributed by atoms with Gasteiger partial charge in [-0.15, -0.1) is 0 Å². The number of ether oxygens (including phenoxy) is 2. The largest absolute Gasteiger partial charge is 0.493 e. The molecule has 106 valence electrons. The second-order valence-corrected chi connectivity index (χ2v) is 5.37. The predicted molar refractivity (Wildman–Crippen MR) is 74.5 cm³/mol. The quantitative estimate of drug-likeness (QED) is 0.856. The molecule has 4 heteroatoms. The Labute approximate surface area is 114 Å². The summed E-state index contributed by atoms with van der Waals surface area (Å²) >= 11 is 0. The molecule has 0 unspecified atom stereocenters. The lowest BCUT2D eigenvalue weighted by Gasteiger charge is -2.24. The van der Waals surface area contributed by atoms with Crippen molar-refractivity contribution in [3.63, 3.8) is 0 Å². The molecule has 0 amide bonds. The summed E-state index contributed by atoms with van der Waals surface area (Å²) in [6.45, 7) is 1.87. The number of hydrogen-bond donors (Lipinski definition) is 2. The molecule has 1 fully saturated rings. The van der Waals surface area contributed by atoms with Crippen molar-refractivity contribution in [2.45, 2.75) is 44.3 Å². The lowest BCUT2D eigenvalue weighted by molar-refractivity contribution is 0.0662. The highest BCUT2D eigenvalue weighted by atomic mass is 16.5. The van der Waals surface area contributed by atoms with Crippen LogP contribution in [0.15, 0.2) is 18.2 Å². The Morgan fingerprint density at radius 3 is 2.58 bits per heavy atom. The van der Waals surface area contributed by atoms with Crippen LogP contribution >= 0.6 is 0 Å². The summed E-state index contributed by atoms with van der Waals surface area (Å²) in [6.07, 6.45) is 4.86. The summed E-state index contributed by atoms with van der Waals surface area (Å²) in [4.78, 5) is 0. The van der Waals surface area contributed by atoms with E-state index >= 15 is 0 Å². The van der Waals surface area contributed by atoms with Crippen molar-refractivity contribution >= 4 is 0 Å². The first-order chi connectivity index (χ1) is 9.06. The minimum absolute atomic E-state index is 0.169. The summed E-state index contributed by atoms with van der Waals surface area (Å²) in [7, 11) is 1.62. The molecule has 1 aromatic carbocycles. The zero-order valence-corrected chi connectivity index (χ0v) is 11.7. The molecule has 0 saturated heterocycles. The Morgan fingerprint density at radius 1 is 1.32 bits per heavy atom. The van der Waals surface area contributed by atoms with Gasteiger partial charge in [0.1, 0.15) is 0 Å². The second-order valence-electron chi connectivity index (χ2n) is 5.37. The van der Waals surface area contributed by atoms with E-state index in [1.54, 1.807) is 14.0 Å². The zero-order valence-electron chi connectivity index (χ0n) is 11.7. The van der Waals surface area contributed by atoms with Gasteiger partial charge in [-0.3, -0.25) is 0 Å². The van der Waals surface area contributed by atoms with Gasteiger partial charge in [-0.1, -0.05) is 6.07 Å². The van der Waals surface area contributed by atoms with Gasteiger partial charge in [0.05, 0.1) is 18.8 Å². The zero-order chi connectivity index (χ0) is 13.9. The van der Waals surface area contributed by atoms with Crippen molar-refractivity contribution < 1.29 is 14.6 Å². The van der Waals surface area contributed by atoms with Crippen LogP contribution in [0.1, 0.15) is 38.2 Å². The van der Waals surface area contributed by atoms with E-state index in [0.717, 1.165) is 18.4 Å². The highest BCUT2D eigenvalue weighted by Crippen LogP contribution is 2.34. The molecule has 0 radical (unpaired) electrons. The summed E-state index contributed by atoms with van der Waals surface area (Å²) in [6, 6.07) is 5.49. The van der Waals surface area contributed by atoms with Crippen LogP contribution in [0, 0.1) is 0 Å². The predicted octanol–water partition coefficient (Wildman–Crippen LogP) is 2.18. The lowest BCUT2D eigenvalue weighted by Crippen LogP contribution is -2.31. The van der Waals surface area contributed by atoms with Gasteiger partial charge in [0.2, 0.25) is 0 Å². The number of hydrogen-bond acceptors (Lipinski definition) is 4. The van der Waals surface area contributed by atoms with E-state index in [4.69, 9.17) is 15.2 Å². The summed E-state index contributed by atoms with van der Waals surface area (Å²) in [5.41, 5.74) is 5.31. The standard InChI is InChI=1S/C15H23NO3/c1-15(17,10-16)11-7-8-13(18-2)14(9-11)19-12-5-3-4-6-12/h7-9,12,17H,3-6,10,16H2,1-2H3/t15-/m1/s1. The fourth-order valence-electron chi connectivity index (χ4n) is 2.41. The third kappa shape index (κ3) is 3.19. The van der Waals surface area contributed by atoms with Gasteiger partial charge < -0.3 is 20.3 Å². The average molecular weight is 265 g/mol. The molecule has 1 saturated carbocycles. The van der Waals surface area contributed by atoms with Crippen molar-refractivity contribution in [1.29, 1.82) is 0 Å². The molecule has 0 spiro atoms. The monoisotopic (exact) mass is 265 g/mol. The normalized spacial score (nSPS) is 19.2. The van der Waals surface area contributed by atoms with Crippen molar-refractivity contribution in [3.8, 4) is 11.5 Å². The van der Waals surface area contributed by atoms with E-state index < -0.39 is 5.60 Å². The minimum Gasteiger partial charge on any atom is -0.493 e. The maximum Gasteiger partial charge on any atom is 0.161 e. The van der Waals surface area contributed by atoms with Gasteiger partial charge in [0, 0.05) is 6.54 Å². The first kappa shape index (κ1) is 14.2. The van der Waals surface area contributed by atoms with Gasteiger partial charge in [0.15, 0.2) is 11.5 Å². The molecule has 0 heterocycles. The molecule has 1 atom stereocenters. The van der Waals surface area contributed by atoms with E-state index in [9.17, 15) is 5.11 Å². The van der Waals surface area contributed by atoms with Gasteiger partial charge in [-0.2, -0.15) is 0 Å². The topological polar surface area (TPSA) is 64.7 Å². The summed E-state index contributed by atoms with van der Waals surface area (Å²) < 4.78 is 11.3. The van der Waals surface area contributed by atoms with Crippen LogP contribution in [0.2, 0.25) is 0 Å². The molecule has 4 nitrogen and oxygen atoms in total. The van der Waals surface area contributed by atoms with E-state index in [1.165, 1.54) is 12.8 Å². The highest BCUT2D eigenvalue weighted by molar-refractivity contribution is 5.44. The van der Waals surface area contributed by atoms with Gasteiger partial charge in [-0.25, -0.2) is 0 Å². The van der Waals surface area contributed by atoms with Crippen LogP contribution in [0.3, 0.4) is 0 Å². The first-order valence-electron chi connectivity index (χ1n) is 6.84. The SMILES string of the molecule is COc1ccc([C@](C)(O)CN)cc1OC1CCCC1. The summed E-state index contributed by atoms with van der Waals surface area (Å²) in [5.74, 6) is 1.39. The van der Waals surface area contributed by atoms with Gasteiger partial charge in [0.25, 0.3) is 0 Å². The van der Waals surface area contributed by atoms with Crippen LogP contribution in [-0.4, -0.2) is 24.9 Å². The number of aliphatic hydroxyl groups is 1. The molecule has 0 bridgehead atoms. The van der Waals surface area contributed by atoms with Crippen molar-refractivity contribution in [3.05, 3.63) is 23.8 Å². The molecule has 0 aliphatic heterocycles. The molecule has 1 aromatic rings. The van der Waals surface area contributed by atoms with Crippen LogP contribution < -0.4 is 15.2 Å². The van der Waals surface area contributed by atoms with Crippen LogP contribution in [-0.2, 0) is 5.60 Å². The Bertz CT molecular complexity index is 425. The highest BCUT2D eigenvalue weighted by Gasteiger charge is 2.24. The van der Waals surface area contributed by atoms with E-state index in [2.05, 4.69) is 0 Å². The van der Waals surface area contributed by atoms with Crippen LogP contribution in [0.4, 0.5) is 0 Å². The lowest BCUT2D eigenvalue weighted by atomic mass is 9.96. The van der Waals surface area contributed by atoms with Crippen molar-refractivity contribution in [2.24, 2.45) is 5.73 Å². The molecule has 19 heavy (non-hydrogen) atoms. The third-order valence-electron chi connectivity index (χ3n) is 3.78. The van der Waals surface area contributed by atoms with E-state index in [1.807, 2.05) is 18.2 Å². The Hall–Kier alpha value is -1.26. The molecular formula is C15H23NO3. The van der Waals surface area contributed by atoms with Gasteiger partial charge >= 0.3 is 0 Å². The number of nitrogens with two attached hydrogens (primary N) is 1. The maximum atomic E-state index is 10.2. The number of rotatable bonds is 5. The number of methoxy groups -OCH3 is 1. The molecule has 0 aromatic heterocycles. The van der Waals surface area contributed by atoms with Crippen molar-refractivity contribution in [1.82, 2.24) is 0 Å². The Morgan fingerprint density at radius 2 is 2.00 bits per heavy atom. The Balaban J connectivity index is 2.25. The second kappa shape index (κ2) is 5.80. The fourth-order valence-corrected chi connectivity index (χ4v) is 2.41. The molecule has 1 aliphatic carbocycles. The molecule has 1 aliphatic rings. The fraction of sp³-hybridized carbons (Fsp3) is 0.600. The molecular weight excluding hydrogens is 242 g/mol. The van der Waals surface area contributed by atoms with E-state index in [-0.39, 0.29) is 12.6 Å². The van der Waals surface area contributed by atoms with E-state index in [0.29, 0.717) is 11.5 Å². The average Bonchev–Trinajstić information content (AvgIpc) is 2.91.